The minimum absolute atomic E-state index is 0.294. The SMILES string of the molecule is OCCSCCCCCCCCSOOO. The molecule has 98 valence electrons. The summed E-state index contributed by atoms with van der Waals surface area (Å²) in [7, 11) is 0. The van der Waals surface area contributed by atoms with E-state index in [1.807, 2.05) is 11.8 Å². The molecule has 0 saturated carbocycles. The third-order valence-electron chi connectivity index (χ3n) is 2.08. The van der Waals surface area contributed by atoms with Crippen LogP contribution in [0.4, 0.5) is 0 Å². The summed E-state index contributed by atoms with van der Waals surface area (Å²) in [5.74, 6) is 2.88. The molecule has 0 atom stereocenters. The molecule has 0 aliphatic heterocycles. The summed E-state index contributed by atoms with van der Waals surface area (Å²) < 4.78 is 4.27. The molecule has 0 fully saturated rings. The van der Waals surface area contributed by atoms with Gasteiger partial charge in [0.1, 0.15) is 0 Å². The van der Waals surface area contributed by atoms with E-state index in [1.165, 1.54) is 32.1 Å². The Morgan fingerprint density at radius 1 is 0.812 bits per heavy atom. The van der Waals surface area contributed by atoms with Crippen LogP contribution in [0.2, 0.25) is 0 Å². The lowest BCUT2D eigenvalue weighted by Crippen LogP contribution is -1.89. The second-order valence-corrected chi connectivity index (χ2v) is 5.43. The smallest absolute Gasteiger partial charge is 0.0521 e. The molecular formula is C10H22O4S2. The minimum Gasteiger partial charge on any atom is -0.396 e. The Kier molecular flexibility index (Phi) is 16.1. The van der Waals surface area contributed by atoms with Crippen molar-refractivity contribution < 1.29 is 19.7 Å². The van der Waals surface area contributed by atoms with Crippen molar-refractivity contribution in [2.45, 2.75) is 38.5 Å². The van der Waals surface area contributed by atoms with Gasteiger partial charge in [0.25, 0.3) is 0 Å². The van der Waals surface area contributed by atoms with Gasteiger partial charge in [-0.25, -0.2) is 5.26 Å². The zero-order valence-electron chi connectivity index (χ0n) is 9.60. The fourth-order valence-electron chi connectivity index (χ4n) is 1.29. The quantitative estimate of drug-likeness (QED) is 0.232. The van der Waals surface area contributed by atoms with Crippen molar-refractivity contribution in [2.24, 2.45) is 0 Å². The molecule has 6 heteroatoms. The van der Waals surface area contributed by atoms with Crippen molar-refractivity contribution in [3.63, 3.8) is 0 Å². The fraction of sp³-hybridized carbons (Fsp3) is 1.00. The molecule has 0 unspecified atom stereocenters. The van der Waals surface area contributed by atoms with Crippen molar-refractivity contribution in [3.8, 4) is 0 Å². The average molecular weight is 270 g/mol. The molecule has 16 heavy (non-hydrogen) atoms. The predicted octanol–water partition coefficient (Wildman–Crippen LogP) is 3.12. The van der Waals surface area contributed by atoms with Crippen LogP contribution in [0.1, 0.15) is 38.5 Å². The summed E-state index contributed by atoms with van der Waals surface area (Å²) in [6.45, 7) is 0.294. The molecule has 0 heterocycles. The summed E-state index contributed by atoms with van der Waals surface area (Å²) in [4.78, 5) is 0. The van der Waals surface area contributed by atoms with Crippen LogP contribution < -0.4 is 0 Å². The zero-order valence-corrected chi connectivity index (χ0v) is 11.2. The molecule has 0 saturated heterocycles. The molecule has 0 aromatic rings. The zero-order chi connectivity index (χ0) is 11.9. The molecule has 4 nitrogen and oxygen atoms in total. The van der Waals surface area contributed by atoms with E-state index in [2.05, 4.69) is 9.37 Å². The number of rotatable bonds is 13. The molecule has 2 N–H and O–H groups in total. The van der Waals surface area contributed by atoms with Crippen molar-refractivity contribution in [3.05, 3.63) is 0 Å². The van der Waals surface area contributed by atoms with Crippen molar-refractivity contribution >= 4 is 23.8 Å². The number of aliphatic hydroxyl groups excluding tert-OH is 1. The van der Waals surface area contributed by atoms with E-state index in [4.69, 9.17) is 10.4 Å². The van der Waals surface area contributed by atoms with Gasteiger partial charge in [0.05, 0.1) is 6.61 Å². The number of unbranched alkanes of at least 4 members (excludes halogenated alkanes) is 5. The lowest BCUT2D eigenvalue weighted by molar-refractivity contribution is -0.432. The van der Waals surface area contributed by atoms with Gasteiger partial charge < -0.3 is 5.11 Å². The maximum absolute atomic E-state index is 8.57. The van der Waals surface area contributed by atoms with Gasteiger partial charge in [-0.2, -0.15) is 11.8 Å². The minimum atomic E-state index is 0.294. The van der Waals surface area contributed by atoms with Gasteiger partial charge >= 0.3 is 0 Å². The summed E-state index contributed by atoms with van der Waals surface area (Å²) >= 11 is 2.95. The topological polar surface area (TPSA) is 58.9 Å². The van der Waals surface area contributed by atoms with Crippen LogP contribution in [-0.4, -0.2) is 34.2 Å². The Morgan fingerprint density at radius 3 is 2.06 bits per heavy atom. The lowest BCUT2D eigenvalue weighted by atomic mass is 10.1. The Bertz CT molecular complexity index is 113. The van der Waals surface area contributed by atoms with Crippen LogP contribution in [0.5, 0.6) is 0 Å². The van der Waals surface area contributed by atoms with E-state index in [1.54, 1.807) is 0 Å². The maximum Gasteiger partial charge on any atom is 0.0521 e. The van der Waals surface area contributed by atoms with Crippen LogP contribution >= 0.6 is 23.8 Å². The Labute approximate surface area is 106 Å². The molecule has 0 spiro atoms. The third-order valence-corrected chi connectivity index (χ3v) is 3.74. The summed E-state index contributed by atoms with van der Waals surface area (Å²) in [6.07, 6.45) is 7.36. The van der Waals surface area contributed by atoms with Gasteiger partial charge in [-0.15, -0.1) is 4.33 Å². The van der Waals surface area contributed by atoms with E-state index in [0.717, 1.165) is 35.7 Å². The van der Waals surface area contributed by atoms with Gasteiger partial charge in [0, 0.05) is 23.5 Å². The van der Waals surface area contributed by atoms with E-state index >= 15 is 0 Å². The largest absolute Gasteiger partial charge is 0.396 e. The molecule has 0 aromatic carbocycles. The van der Waals surface area contributed by atoms with Gasteiger partial charge in [0.2, 0.25) is 0 Å². The van der Waals surface area contributed by atoms with Crippen LogP contribution in [0, 0.1) is 0 Å². The van der Waals surface area contributed by atoms with Crippen LogP contribution in [0.25, 0.3) is 0 Å². The van der Waals surface area contributed by atoms with Gasteiger partial charge in [-0.1, -0.05) is 30.7 Å². The number of hydrogen-bond acceptors (Lipinski definition) is 6. The lowest BCUT2D eigenvalue weighted by Gasteiger charge is -2.01. The first-order chi connectivity index (χ1) is 7.91. The monoisotopic (exact) mass is 270 g/mol. The Hall–Kier alpha value is 0.540. The molecular weight excluding hydrogens is 248 g/mol. The van der Waals surface area contributed by atoms with Gasteiger partial charge in [-0.05, 0) is 18.6 Å². The highest BCUT2D eigenvalue weighted by molar-refractivity contribution is 7.99. The Morgan fingerprint density at radius 2 is 1.44 bits per heavy atom. The normalized spacial score (nSPS) is 10.9. The first kappa shape index (κ1) is 16.5. The van der Waals surface area contributed by atoms with Crippen molar-refractivity contribution in [1.29, 1.82) is 0 Å². The van der Waals surface area contributed by atoms with Crippen molar-refractivity contribution in [2.75, 3.05) is 23.9 Å². The number of hydrogen-bond donors (Lipinski definition) is 2. The molecule has 0 amide bonds. The molecule has 0 rings (SSSR count). The predicted molar refractivity (Wildman–Crippen MR) is 69.4 cm³/mol. The molecule has 0 radical (unpaired) electrons. The first-order valence-corrected chi connectivity index (χ1v) is 7.76. The average Bonchev–Trinajstić information content (AvgIpc) is 2.31. The van der Waals surface area contributed by atoms with Crippen LogP contribution in [-0.2, 0) is 9.37 Å². The second-order valence-electron chi connectivity index (χ2n) is 3.42. The fourth-order valence-corrected chi connectivity index (χ4v) is 2.47. The molecule has 0 aliphatic rings. The number of thioether (sulfide) groups is 1. The van der Waals surface area contributed by atoms with E-state index < -0.39 is 0 Å². The van der Waals surface area contributed by atoms with Gasteiger partial charge in [0.15, 0.2) is 0 Å². The van der Waals surface area contributed by atoms with Crippen LogP contribution in [0.15, 0.2) is 0 Å². The van der Waals surface area contributed by atoms with Gasteiger partial charge in [-0.3, -0.25) is 0 Å². The number of aliphatic hydroxyl groups is 1. The van der Waals surface area contributed by atoms with Crippen molar-refractivity contribution in [1.82, 2.24) is 0 Å². The Balaban J connectivity index is 2.83. The standard InChI is InChI=1S/C10H22O4S2/c11-7-10-15-8-5-3-1-2-4-6-9-16-14-13-12/h11-12H,1-10H2. The highest BCUT2D eigenvalue weighted by Crippen LogP contribution is 2.12. The molecule has 0 aromatic heterocycles. The van der Waals surface area contributed by atoms with E-state index in [9.17, 15) is 0 Å². The molecule has 0 bridgehead atoms. The van der Waals surface area contributed by atoms with E-state index in [0.29, 0.717) is 6.61 Å². The highest BCUT2D eigenvalue weighted by Gasteiger charge is 1.93. The third kappa shape index (κ3) is 14.5. The summed E-state index contributed by atoms with van der Waals surface area (Å²) in [6, 6.07) is 0. The van der Waals surface area contributed by atoms with E-state index in [-0.39, 0.29) is 0 Å². The maximum atomic E-state index is 8.57. The summed E-state index contributed by atoms with van der Waals surface area (Å²) in [5.41, 5.74) is 0. The second kappa shape index (κ2) is 15.5. The summed E-state index contributed by atoms with van der Waals surface area (Å²) in [5, 5.41) is 19.9. The molecule has 0 aliphatic carbocycles. The first-order valence-electron chi connectivity index (χ1n) is 5.70. The van der Waals surface area contributed by atoms with Crippen LogP contribution in [0.3, 0.4) is 0 Å². The highest BCUT2D eigenvalue weighted by atomic mass is 32.2.